The number of piperazine rings is 1. The molecule has 1 fully saturated rings. The van der Waals surface area contributed by atoms with Crippen molar-refractivity contribution in [1.29, 1.82) is 0 Å². The maximum atomic E-state index is 12.9. The first kappa shape index (κ1) is 20.9. The van der Waals surface area contributed by atoms with Crippen LogP contribution in [0.3, 0.4) is 0 Å². The maximum Gasteiger partial charge on any atom is 0.257 e. The van der Waals surface area contributed by atoms with Gasteiger partial charge in [-0.25, -0.2) is 0 Å². The lowest BCUT2D eigenvalue weighted by Crippen LogP contribution is -2.48. The second-order valence-corrected chi connectivity index (χ2v) is 7.24. The van der Waals surface area contributed by atoms with Gasteiger partial charge in [0.15, 0.2) is 0 Å². The van der Waals surface area contributed by atoms with E-state index in [0.717, 1.165) is 24.4 Å². The summed E-state index contributed by atoms with van der Waals surface area (Å²) in [5, 5.41) is 4.09. The molecule has 1 aromatic heterocycles. The molecular formula is C23H26N4O4. The van der Waals surface area contributed by atoms with Crippen LogP contribution < -0.4 is 9.47 Å². The van der Waals surface area contributed by atoms with Crippen LogP contribution >= 0.6 is 0 Å². The third-order valence-corrected chi connectivity index (χ3v) is 5.25. The SMILES string of the molecule is CCOc1ccccc1C(=O)N1CCN(Cc2nc(-c3ccc(OC)cc3)no2)CC1. The molecule has 0 atom stereocenters. The fourth-order valence-electron chi connectivity index (χ4n) is 3.57. The van der Waals surface area contributed by atoms with Gasteiger partial charge in [-0.2, -0.15) is 4.98 Å². The molecule has 8 nitrogen and oxygen atoms in total. The topological polar surface area (TPSA) is 80.9 Å². The van der Waals surface area contributed by atoms with Gasteiger partial charge >= 0.3 is 0 Å². The summed E-state index contributed by atoms with van der Waals surface area (Å²) < 4.78 is 16.2. The average Bonchev–Trinajstić information content (AvgIpc) is 3.28. The molecule has 162 valence electrons. The molecule has 3 aromatic rings. The summed E-state index contributed by atoms with van der Waals surface area (Å²) in [5.74, 6) is 2.53. The molecule has 1 saturated heterocycles. The molecule has 0 aliphatic carbocycles. The fourth-order valence-corrected chi connectivity index (χ4v) is 3.57. The Morgan fingerprint density at radius 2 is 1.81 bits per heavy atom. The van der Waals surface area contributed by atoms with Crippen molar-refractivity contribution in [2.45, 2.75) is 13.5 Å². The number of aromatic nitrogens is 2. The monoisotopic (exact) mass is 422 g/mol. The Morgan fingerprint density at radius 3 is 2.52 bits per heavy atom. The molecule has 0 N–H and O–H groups in total. The number of carbonyl (C=O) groups excluding carboxylic acids is 1. The predicted molar refractivity (Wildman–Crippen MR) is 115 cm³/mol. The number of hydrogen-bond donors (Lipinski definition) is 0. The van der Waals surface area contributed by atoms with Crippen LogP contribution in [0, 0.1) is 0 Å². The van der Waals surface area contributed by atoms with Crippen molar-refractivity contribution in [1.82, 2.24) is 19.9 Å². The summed E-state index contributed by atoms with van der Waals surface area (Å²) in [6.45, 7) is 5.75. The summed E-state index contributed by atoms with van der Waals surface area (Å²) in [7, 11) is 1.63. The summed E-state index contributed by atoms with van der Waals surface area (Å²) in [4.78, 5) is 21.5. The highest BCUT2D eigenvalue weighted by molar-refractivity contribution is 5.97. The highest BCUT2D eigenvalue weighted by Gasteiger charge is 2.25. The van der Waals surface area contributed by atoms with Crippen LogP contribution in [-0.2, 0) is 6.54 Å². The van der Waals surface area contributed by atoms with Crippen molar-refractivity contribution in [2.24, 2.45) is 0 Å². The zero-order valence-corrected chi connectivity index (χ0v) is 17.8. The third-order valence-electron chi connectivity index (χ3n) is 5.25. The Morgan fingerprint density at radius 1 is 1.06 bits per heavy atom. The standard InChI is InChI=1S/C23H26N4O4/c1-3-30-20-7-5-4-6-19(20)23(28)27-14-12-26(13-15-27)16-21-24-22(25-31-21)17-8-10-18(29-2)11-9-17/h4-11H,3,12-16H2,1-2H3. The third kappa shape index (κ3) is 4.86. The number of methoxy groups -OCH3 is 1. The van der Waals surface area contributed by atoms with Crippen LogP contribution in [0.25, 0.3) is 11.4 Å². The van der Waals surface area contributed by atoms with E-state index in [1.165, 1.54) is 0 Å². The van der Waals surface area contributed by atoms with Gasteiger partial charge in [-0.1, -0.05) is 17.3 Å². The lowest BCUT2D eigenvalue weighted by molar-refractivity contribution is 0.0611. The van der Waals surface area contributed by atoms with Crippen LogP contribution in [0.15, 0.2) is 53.1 Å². The summed E-state index contributed by atoms with van der Waals surface area (Å²) in [6, 6.07) is 14.9. The van der Waals surface area contributed by atoms with Crippen LogP contribution in [-0.4, -0.2) is 65.7 Å². The number of rotatable bonds is 7. The van der Waals surface area contributed by atoms with E-state index in [0.29, 0.717) is 49.3 Å². The van der Waals surface area contributed by atoms with Crippen molar-refractivity contribution >= 4 is 5.91 Å². The molecule has 2 aromatic carbocycles. The van der Waals surface area contributed by atoms with Gasteiger partial charge in [0.25, 0.3) is 5.91 Å². The number of carbonyl (C=O) groups is 1. The van der Waals surface area contributed by atoms with Crippen LogP contribution in [0.5, 0.6) is 11.5 Å². The number of amides is 1. The largest absolute Gasteiger partial charge is 0.497 e. The number of benzene rings is 2. The van der Waals surface area contributed by atoms with E-state index >= 15 is 0 Å². The number of ether oxygens (including phenoxy) is 2. The summed E-state index contributed by atoms with van der Waals surface area (Å²) >= 11 is 0. The van der Waals surface area contributed by atoms with Crippen LogP contribution in [0.4, 0.5) is 0 Å². The molecule has 0 unspecified atom stereocenters. The van der Waals surface area contributed by atoms with E-state index in [4.69, 9.17) is 14.0 Å². The van der Waals surface area contributed by atoms with E-state index < -0.39 is 0 Å². The second kappa shape index (κ2) is 9.61. The Kier molecular flexibility index (Phi) is 6.47. The molecule has 31 heavy (non-hydrogen) atoms. The molecule has 2 heterocycles. The van der Waals surface area contributed by atoms with Gasteiger partial charge in [0, 0.05) is 31.7 Å². The zero-order valence-electron chi connectivity index (χ0n) is 17.8. The van der Waals surface area contributed by atoms with Crippen LogP contribution in [0.1, 0.15) is 23.2 Å². The summed E-state index contributed by atoms with van der Waals surface area (Å²) in [6.07, 6.45) is 0. The number of hydrogen-bond acceptors (Lipinski definition) is 7. The predicted octanol–water partition coefficient (Wildman–Crippen LogP) is 3.10. The van der Waals surface area contributed by atoms with E-state index in [1.54, 1.807) is 7.11 Å². The van der Waals surface area contributed by atoms with Crippen molar-refractivity contribution in [2.75, 3.05) is 39.9 Å². The molecule has 4 rings (SSSR count). The molecule has 1 amide bonds. The maximum absolute atomic E-state index is 12.9. The van der Waals surface area contributed by atoms with Gasteiger partial charge in [0.1, 0.15) is 11.5 Å². The fraction of sp³-hybridized carbons (Fsp3) is 0.348. The molecule has 0 spiro atoms. The van der Waals surface area contributed by atoms with Gasteiger partial charge in [-0.3, -0.25) is 9.69 Å². The van der Waals surface area contributed by atoms with E-state index in [2.05, 4.69) is 15.0 Å². The highest BCUT2D eigenvalue weighted by atomic mass is 16.5. The van der Waals surface area contributed by atoms with Crippen LogP contribution in [0.2, 0.25) is 0 Å². The van der Waals surface area contributed by atoms with Gasteiger partial charge in [-0.15, -0.1) is 0 Å². The van der Waals surface area contributed by atoms with Gasteiger partial charge in [-0.05, 0) is 43.3 Å². The van der Waals surface area contributed by atoms with Gasteiger partial charge in [0.05, 0.1) is 25.8 Å². The average molecular weight is 422 g/mol. The molecule has 0 saturated carbocycles. The highest BCUT2D eigenvalue weighted by Crippen LogP contribution is 2.22. The lowest BCUT2D eigenvalue weighted by Gasteiger charge is -2.34. The Labute approximate surface area is 181 Å². The number of para-hydroxylation sites is 1. The van der Waals surface area contributed by atoms with Crippen molar-refractivity contribution in [3.8, 4) is 22.9 Å². The first-order valence-electron chi connectivity index (χ1n) is 10.4. The number of nitrogens with zero attached hydrogens (tertiary/aromatic N) is 4. The minimum Gasteiger partial charge on any atom is -0.497 e. The zero-order chi connectivity index (χ0) is 21.6. The first-order valence-corrected chi connectivity index (χ1v) is 10.4. The molecule has 0 bridgehead atoms. The van der Waals surface area contributed by atoms with Gasteiger partial charge < -0.3 is 18.9 Å². The molecule has 1 aliphatic heterocycles. The smallest absolute Gasteiger partial charge is 0.257 e. The van der Waals surface area contributed by atoms with E-state index in [1.807, 2.05) is 60.4 Å². The Bertz CT molecular complexity index is 1010. The molecule has 1 aliphatic rings. The van der Waals surface area contributed by atoms with Crippen molar-refractivity contribution in [3.63, 3.8) is 0 Å². The van der Waals surface area contributed by atoms with E-state index in [-0.39, 0.29) is 5.91 Å². The van der Waals surface area contributed by atoms with Gasteiger partial charge in [0.2, 0.25) is 11.7 Å². The summed E-state index contributed by atoms with van der Waals surface area (Å²) in [5.41, 5.74) is 1.48. The second-order valence-electron chi connectivity index (χ2n) is 7.24. The normalized spacial score (nSPS) is 14.5. The minimum atomic E-state index is 0.00304. The van der Waals surface area contributed by atoms with E-state index in [9.17, 15) is 4.79 Å². The van der Waals surface area contributed by atoms with Crippen molar-refractivity contribution in [3.05, 3.63) is 60.0 Å². The Balaban J connectivity index is 1.33. The molecular weight excluding hydrogens is 396 g/mol. The molecule has 8 heteroatoms. The molecule has 0 radical (unpaired) electrons. The lowest BCUT2D eigenvalue weighted by atomic mass is 10.1. The van der Waals surface area contributed by atoms with Crippen molar-refractivity contribution < 1.29 is 18.8 Å². The Hall–Kier alpha value is -3.39. The quantitative estimate of drug-likeness (QED) is 0.579. The first-order chi connectivity index (χ1) is 15.2. The minimum absolute atomic E-state index is 0.00304.